The summed E-state index contributed by atoms with van der Waals surface area (Å²) in [5, 5.41) is 0. The molecule has 1 aromatic heterocycles. The monoisotopic (exact) mass is 492 g/mol. The van der Waals surface area contributed by atoms with E-state index in [0.717, 1.165) is 17.5 Å². The average Bonchev–Trinajstić information content (AvgIpc) is 3.45. The average molecular weight is 493 g/mol. The van der Waals surface area contributed by atoms with Crippen LogP contribution in [0.4, 0.5) is 10.1 Å². The fraction of sp³-hybridized carbons (Fsp3) is 0.231. The number of nitrogens with zero attached hydrogens (tertiary/aromatic N) is 3. The van der Waals surface area contributed by atoms with Gasteiger partial charge in [0.1, 0.15) is 5.82 Å². The summed E-state index contributed by atoms with van der Waals surface area (Å²) in [5.74, 6) is -0.353. The lowest BCUT2D eigenvalue weighted by Gasteiger charge is -2.22. The summed E-state index contributed by atoms with van der Waals surface area (Å²) < 4.78 is 45.3. The lowest BCUT2D eigenvalue weighted by atomic mass is 10.1. The zero-order valence-corrected chi connectivity index (χ0v) is 20.0. The summed E-state index contributed by atoms with van der Waals surface area (Å²) in [6, 6.07) is 17.6. The van der Waals surface area contributed by atoms with Crippen LogP contribution in [0.25, 0.3) is 11.0 Å². The molecule has 0 aliphatic carbocycles. The summed E-state index contributed by atoms with van der Waals surface area (Å²) in [4.78, 5) is 18.3. The van der Waals surface area contributed by atoms with E-state index in [0.29, 0.717) is 29.8 Å². The van der Waals surface area contributed by atoms with Crippen molar-refractivity contribution in [2.24, 2.45) is 0 Å². The topological polar surface area (TPSA) is 84.3 Å². The van der Waals surface area contributed by atoms with Crippen molar-refractivity contribution in [3.05, 3.63) is 90.0 Å². The van der Waals surface area contributed by atoms with Crippen molar-refractivity contribution < 1.29 is 17.6 Å². The van der Waals surface area contributed by atoms with Crippen molar-refractivity contribution in [1.82, 2.24) is 14.3 Å². The van der Waals surface area contributed by atoms with Crippen molar-refractivity contribution >= 4 is 32.7 Å². The number of aryl methyl sites for hydroxylation is 1. The van der Waals surface area contributed by atoms with Gasteiger partial charge in [-0.15, -0.1) is 0 Å². The van der Waals surface area contributed by atoms with Crippen molar-refractivity contribution in [2.45, 2.75) is 37.2 Å². The van der Waals surface area contributed by atoms with Gasteiger partial charge in [0.05, 0.1) is 28.3 Å². The lowest BCUT2D eigenvalue weighted by molar-refractivity contribution is -0.117. The van der Waals surface area contributed by atoms with Crippen molar-refractivity contribution in [1.29, 1.82) is 0 Å². The van der Waals surface area contributed by atoms with Gasteiger partial charge in [0.2, 0.25) is 15.9 Å². The minimum Gasteiger partial charge on any atom is -0.329 e. The number of imidazole rings is 1. The van der Waals surface area contributed by atoms with E-state index in [-0.39, 0.29) is 17.3 Å². The Labute approximate surface area is 203 Å². The smallest absolute Gasteiger partial charge is 0.241 e. The highest BCUT2D eigenvalue weighted by Gasteiger charge is 2.26. The highest BCUT2D eigenvalue weighted by molar-refractivity contribution is 7.89. The highest BCUT2D eigenvalue weighted by Crippen LogP contribution is 2.28. The van der Waals surface area contributed by atoms with E-state index >= 15 is 0 Å². The SMILES string of the molecule is Cc1cc(N2CCCC2=O)ccc1S(=O)(=O)NC(Cn1cnc2ccccc21)c1ccc(F)cc1. The molecule has 180 valence electrons. The molecule has 5 rings (SSSR count). The molecule has 4 aromatic rings. The zero-order valence-electron chi connectivity index (χ0n) is 19.2. The van der Waals surface area contributed by atoms with Crippen LogP contribution in [0.15, 0.2) is 78.0 Å². The van der Waals surface area contributed by atoms with E-state index < -0.39 is 21.9 Å². The molecule has 7 nitrogen and oxygen atoms in total. The first-order chi connectivity index (χ1) is 16.8. The van der Waals surface area contributed by atoms with Gasteiger partial charge in [-0.1, -0.05) is 24.3 Å². The molecule has 1 fully saturated rings. The standard InChI is InChI=1S/C26H25FN4O3S/c1-18-15-21(31-14-4-7-26(31)32)12-13-25(18)35(33,34)29-23(19-8-10-20(27)11-9-19)16-30-17-28-22-5-2-3-6-24(22)30/h2-3,5-6,8-13,15,17,23,29H,4,7,14,16H2,1H3. The molecular formula is C26H25FN4O3S. The largest absolute Gasteiger partial charge is 0.329 e. The van der Waals surface area contributed by atoms with Crippen LogP contribution in [0.5, 0.6) is 0 Å². The number of carbonyl (C=O) groups excluding carboxylic acids is 1. The summed E-state index contributed by atoms with van der Waals surface area (Å²) >= 11 is 0. The van der Waals surface area contributed by atoms with Crippen molar-refractivity contribution in [3.63, 3.8) is 0 Å². The Hall–Kier alpha value is -3.56. The molecule has 1 aliphatic heterocycles. The minimum atomic E-state index is -3.94. The molecule has 1 saturated heterocycles. The second-order valence-corrected chi connectivity index (χ2v) is 10.4. The number of anilines is 1. The molecule has 0 saturated carbocycles. The summed E-state index contributed by atoms with van der Waals surface area (Å²) in [6.07, 6.45) is 2.97. The number of aromatic nitrogens is 2. The van der Waals surface area contributed by atoms with E-state index in [4.69, 9.17) is 0 Å². The van der Waals surface area contributed by atoms with Gasteiger partial charge < -0.3 is 9.47 Å². The first-order valence-corrected chi connectivity index (χ1v) is 12.9. The van der Waals surface area contributed by atoms with Crippen molar-refractivity contribution in [2.75, 3.05) is 11.4 Å². The molecule has 1 N–H and O–H groups in total. The maximum Gasteiger partial charge on any atom is 0.241 e. The number of nitrogens with one attached hydrogen (secondary N) is 1. The number of hydrogen-bond acceptors (Lipinski definition) is 4. The van der Waals surface area contributed by atoms with E-state index in [2.05, 4.69) is 9.71 Å². The molecular weight excluding hydrogens is 467 g/mol. The number of benzene rings is 3. The molecule has 1 aliphatic rings. The summed E-state index contributed by atoms with van der Waals surface area (Å²) in [7, 11) is -3.94. The lowest BCUT2D eigenvalue weighted by Crippen LogP contribution is -2.32. The van der Waals surface area contributed by atoms with Gasteiger partial charge in [-0.05, 0) is 66.9 Å². The fourth-order valence-electron chi connectivity index (χ4n) is 4.53. The van der Waals surface area contributed by atoms with Gasteiger partial charge in [-0.3, -0.25) is 4.79 Å². The third-order valence-corrected chi connectivity index (χ3v) is 7.94. The first kappa shape index (κ1) is 23.2. The predicted molar refractivity (Wildman–Crippen MR) is 132 cm³/mol. The Morgan fingerprint density at radius 1 is 1.09 bits per heavy atom. The van der Waals surface area contributed by atoms with Crippen LogP contribution in [0, 0.1) is 12.7 Å². The Morgan fingerprint density at radius 2 is 1.86 bits per heavy atom. The molecule has 0 spiro atoms. The molecule has 2 heterocycles. The molecule has 3 aromatic carbocycles. The second-order valence-electron chi connectivity index (χ2n) is 8.71. The molecule has 1 amide bonds. The highest BCUT2D eigenvalue weighted by atomic mass is 32.2. The van der Waals surface area contributed by atoms with Crippen LogP contribution in [0.2, 0.25) is 0 Å². The normalized spacial score (nSPS) is 15.1. The van der Waals surface area contributed by atoms with Gasteiger partial charge >= 0.3 is 0 Å². The van der Waals surface area contributed by atoms with Gasteiger partial charge in [-0.2, -0.15) is 0 Å². The quantitative estimate of drug-likeness (QED) is 0.416. The number of amides is 1. The van der Waals surface area contributed by atoms with Crippen molar-refractivity contribution in [3.8, 4) is 0 Å². The molecule has 0 bridgehead atoms. The number of sulfonamides is 1. The maximum atomic E-state index is 13.6. The van der Waals surface area contributed by atoms with E-state index in [9.17, 15) is 17.6 Å². The first-order valence-electron chi connectivity index (χ1n) is 11.4. The third-order valence-electron chi connectivity index (χ3n) is 6.31. The van der Waals surface area contributed by atoms with Crippen LogP contribution in [0.1, 0.15) is 30.0 Å². The fourth-order valence-corrected chi connectivity index (χ4v) is 5.98. The second kappa shape index (κ2) is 9.24. The van der Waals surface area contributed by atoms with E-state index in [1.165, 1.54) is 18.2 Å². The van der Waals surface area contributed by atoms with Crippen LogP contribution in [-0.4, -0.2) is 30.4 Å². The predicted octanol–water partition coefficient (Wildman–Crippen LogP) is 4.33. The number of hydrogen-bond donors (Lipinski definition) is 1. The van der Waals surface area contributed by atoms with Gasteiger partial charge in [0.25, 0.3) is 0 Å². The summed E-state index contributed by atoms with van der Waals surface area (Å²) in [5.41, 5.74) is 3.54. The van der Waals surface area contributed by atoms with Gasteiger partial charge in [0, 0.05) is 25.2 Å². The number of para-hydroxylation sites is 2. The van der Waals surface area contributed by atoms with Crippen LogP contribution < -0.4 is 9.62 Å². The Morgan fingerprint density at radius 3 is 2.57 bits per heavy atom. The van der Waals surface area contributed by atoms with Crippen LogP contribution >= 0.6 is 0 Å². The zero-order chi connectivity index (χ0) is 24.6. The Balaban J connectivity index is 1.47. The van der Waals surface area contributed by atoms with Gasteiger partial charge in [0.15, 0.2) is 0 Å². The summed E-state index contributed by atoms with van der Waals surface area (Å²) in [6.45, 7) is 2.62. The molecule has 9 heteroatoms. The van der Waals surface area contributed by atoms with E-state index in [1.54, 1.807) is 42.4 Å². The third kappa shape index (κ3) is 4.69. The Kier molecular flexibility index (Phi) is 6.12. The van der Waals surface area contributed by atoms with Crippen LogP contribution in [0.3, 0.4) is 0 Å². The number of rotatable bonds is 7. The number of halogens is 1. The Bertz CT molecular complexity index is 1500. The molecule has 0 radical (unpaired) electrons. The minimum absolute atomic E-state index is 0.0436. The van der Waals surface area contributed by atoms with Crippen LogP contribution in [-0.2, 0) is 21.4 Å². The van der Waals surface area contributed by atoms with Gasteiger partial charge in [-0.25, -0.2) is 22.5 Å². The number of carbonyl (C=O) groups is 1. The number of fused-ring (bicyclic) bond motifs is 1. The molecule has 1 atom stereocenters. The maximum absolute atomic E-state index is 13.6. The van der Waals surface area contributed by atoms with E-state index in [1.807, 2.05) is 28.8 Å². The molecule has 1 unspecified atom stereocenters. The molecule has 35 heavy (non-hydrogen) atoms.